The van der Waals surface area contributed by atoms with Crippen molar-refractivity contribution in [3.63, 3.8) is 0 Å². The highest BCUT2D eigenvalue weighted by molar-refractivity contribution is 9.10. The number of benzene rings is 1. The van der Waals surface area contributed by atoms with Crippen LogP contribution in [0.4, 0.5) is 9.18 Å². The molecule has 1 aliphatic heterocycles. The highest BCUT2D eigenvalue weighted by Crippen LogP contribution is 2.21. The van der Waals surface area contributed by atoms with E-state index >= 15 is 0 Å². The van der Waals surface area contributed by atoms with E-state index in [4.69, 9.17) is 9.47 Å². The van der Waals surface area contributed by atoms with E-state index in [0.29, 0.717) is 29.4 Å². The molecule has 164 valence electrons. The number of halogens is 2. The maximum Gasteiger partial charge on any atom is 0.410 e. The fraction of sp³-hybridized carbons (Fsp3) is 0.682. The normalized spacial score (nSPS) is 18.0. The molecule has 0 saturated carbocycles. The molecule has 1 fully saturated rings. The SMILES string of the molecule is CC1CN(C(=O)OC(C)(C)C)CCN1CCCCCCOc1ccc(Br)c(F)c1. The first kappa shape index (κ1) is 23.9. The van der Waals surface area contributed by atoms with Crippen molar-refractivity contribution in [3.8, 4) is 5.75 Å². The van der Waals surface area contributed by atoms with Crippen LogP contribution in [0.3, 0.4) is 0 Å². The van der Waals surface area contributed by atoms with Gasteiger partial charge in [0.25, 0.3) is 0 Å². The molecule has 2 rings (SSSR count). The van der Waals surface area contributed by atoms with Crippen molar-refractivity contribution in [2.45, 2.75) is 65.0 Å². The van der Waals surface area contributed by atoms with E-state index in [1.54, 1.807) is 12.1 Å². The van der Waals surface area contributed by atoms with Crippen LogP contribution in [0.25, 0.3) is 0 Å². The minimum atomic E-state index is -0.452. The van der Waals surface area contributed by atoms with Gasteiger partial charge >= 0.3 is 6.09 Å². The molecule has 0 spiro atoms. The number of hydrogen-bond donors (Lipinski definition) is 0. The second-order valence-electron chi connectivity index (χ2n) is 8.65. The van der Waals surface area contributed by atoms with Gasteiger partial charge in [0.1, 0.15) is 17.2 Å². The van der Waals surface area contributed by atoms with Gasteiger partial charge in [-0.25, -0.2) is 9.18 Å². The van der Waals surface area contributed by atoms with Crippen LogP contribution in [-0.2, 0) is 4.74 Å². The Morgan fingerprint density at radius 2 is 1.93 bits per heavy atom. The van der Waals surface area contributed by atoms with Crippen LogP contribution in [0, 0.1) is 5.82 Å². The molecule has 0 bridgehead atoms. The Balaban J connectivity index is 1.56. The molecule has 1 aliphatic rings. The summed E-state index contributed by atoms with van der Waals surface area (Å²) >= 11 is 3.14. The Bertz CT molecular complexity index is 666. The van der Waals surface area contributed by atoms with Crippen LogP contribution in [0.2, 0.25) is 0 Å². The third kappa shape index (κ3) is 8.51. The number of carbonyl (C=O) groups excluding carboxylic acids is 1. The first-order chi connectivity index (χ1) is 13.7. The molecule has 1 atom stereocenters. The number of carbonyl (C=O) groups is 1. The van der Waals surface area contributed by atoms with Crippen molar-refractivity contribution in [2.24, 2.45) is 0 Å². The second-order valence-corrected chi connectivity index (χ2v) is 9.50. The first-order valence-corrected chi connectivity index (χ1v) is 11.2. The van der Waals surface area contributed by atoms with Crippen LogP contribution in [-0.4, -0.2) is 60.3 Å². The molecule has 0 radical (unpaired) electrons. The fourth-order valence-corrected chi connectivity index (χ4v) is 3.59. The molecule has 0 N–H and O–H groups in total. The van der Waals surface area contributed by atoms with Gasteiger partial charge in [-0.1, -0.05) is 12.8 Å². The van der Waals surface area contributed by atoms with Gasteiger partial charge in [0, 0.05) is 31.7 Å². The first-order valence-electron chi connectivity index (χ1n) is 10.5. The van der Waals surface area contributed by atoms with Crippen molar-refractivity contribution in [3.05, 3.63) is 28.5 Å². The molecular weight excluding hydrogens is 439 g/mol. The molecule has 1 saturated heterocycles. The van der Waals surface area contributed by atoms with Crippen LogP contribution in [0.5, 0.6) is 5.75 Å². The fourth-order valence-electron chi connectivity index (χ4n) is 3.35. The van der Waals surface area contributed by atoms with Crippen LogP contribution in [0.1, 0.15) is 53.4 Å². The molecule has 1 amide bonds. The maximum atomic E-state index is 13.4. The number of piperazine rings is 1. The third-order valence-corrected chi connectivity index (χ3v) is 5.56. The lowest BCUT2D eigenvalue weighted by Crippen LogP contribution is -2.54. The van der Waals surface area contributed by atoms with E-state index in [9.17, 15) is 9.18 Å². The summed E-state index contributed by atoms with van der Waals surface area (Å²) in [6.07, 6.45) is 4.10. The maximum absolute atomic E-state index is 13.4. The average molecular weight is 473 g/mol. The Kier molecular flexibility index (Phi) is 9.21. The third-order valence-electron chi connectivity index (χ3n) is 4.92. The predicted octanol–water partition coefficient (Wildman–Crippen LogP) is 5.47. The van der Waals surface area contributed by atoms with E-state index in [2.05, 4.69) is 27.8 Å². The van der Waals surface area contributed by atoms with Gasteiger partial charge in [0.05, 0.1) is 11.1 Å². The molecule has 29 heavy (non-hydrogen) atoms. The largest absolute Gasteiger partial charge is 0.493 e. The average Bonchev–Trinajstić information content (AvgIpc) is 2.63. The van der Waals surface area contributed by atoms with Gasteiger partial charge in [-0.05, 0) is 75.1 Å². The summed E-state index contributed by atoms with van der Waals surface area (Å²) in [7, 11) is 0. The van der Waals surface area contributed by atoms with Crippen molar-refractivity contribution in [1.29, 1.82) is 0 Å². The summed E-state index contributed by atoms with van der Waals surface area (Å²) in [5.74, 6) is 0.269. The lowest BCUT2D eigenvalue weighted by atomic mass is 10.1. The minimum Gasteiger partial charge on any atom is -0.493 e. The Labute approximate surface area is 182 Å². The number of rotatable bonds is 8. The van der Waals surface area contributed by atoms with E-state index in [0.717, 1.165) is 45.3 Å². The highest BCUT2D eigenvalue weighted by Gasteiger charge is 2.29. The molecule has 0 aromatic heterocycles. The summed E-state index contributed by atoms with van der Waals surface area (Å²) < 4.78 is 25.0. The monoisotopic (exact) mass is 472 g/mol. The van der Waals surface area contributed by atoms with Crippen LogP contribution >= 0.6 is 15.9 Å². The van der Waals surface area contributed by atoms with Gasteiger partial charge in [-0.2, -0.15) is 0 Å². The zero-order valence-electron chi connectivity index (χ0n) is 18.0. The summed E-state index contributed by atoms with van der Waals surface area (Å²) in [6.45, 7) is 11.8. The molecular formula is C22H34BrFN2O3. The van der Waals surface area contributed by atoms with Gasteiger partial charge in [0.15, 0.2) is 0 Å². The Hall–Kier alpha value is -1.34. The van der Waals surface area contributed by atoms with Crippen molar-refractivity contribution in [1.82, 2.24) is 9.80 Å². The second kappa shape index (κ2) is 11.2. The van der Waals surface area contributed by atoms with E-state index < -0.39 is 5.60 Å². The number of unbranched alkanes of at least 4 members (excludes halogenated alkanes) is 3. The van der Waals surface area contributed by atoms with Crippen LogP contribution in [0.15, 0.2) is 22.7 Å². The zero-order valence-corrected chi connectivity index (χ0v) is 19.6. The van der Waals surface area contributed by atoms with E-state index in [1.807, 2.05) is 25.7 Å². The lowest BCUT2D eigenvalue weighted by molar-refractivity contribution is 0.00560. The molecule has 5 nitrogen and oxygen atoms in total. The standard InChI is InChI=1S/C22H34BrFN2O3/c1-17-16-26(21(27)29-22(2,3)4)13-12-25(17)11-7-5-6-8-14-28-18-9-10-19(23)20(24)15-18/h9-10,15,17H,5-8,11-14,16H2,1-4H3. The quantitative estimate of drug-likeness (QED) is 0.470. The van der Waals surface area contributed by atoms with E-state index in [1.165, 1.54) is 6.07 Å². The van der Waals surface area contributed by atoms with Crippen LogP contribution < -0.4 is 4.74 Å². The summed E-state index contributed by atoms with van der Waals surface area (Å²) in [5.41, 5.74) is -0.452. The topological polar surface area (TPSA) is 42.0 Å². The number of ether oxygens (including phenoxy) is 2. The lowest BCUT2D eigenvalue weighted by Gasteiger charge is -2.40. The summed E-state index contributed by atoms with van der Waals surface area (Å²) in [4.78, 5) is 16.5. The minimum absolute atomic E-state index is 0.213. The number of amides is 1. The molecule has 1 unspecified atom stereocenters. The molecule has 7 heteroatoms. The zero-order chi connectivity index (χ0) is 21.4. The van der Waals surface area contributed by atoms with Crippen molar-refractivity contribution in [2.75, 3.05) is 32.8 Å². The molecule has 0 aliphatic carbocycles. The Morgan fingerprint density at radius 1 is 1.21 bits per heavy atom. The smallest absolute Gasteiger partial charge is 0.410 e. The van der Waals surface area contributed by atoms with Gasteiger partial charge in [0.2, 0.25) is 0 Å². The molecule has 1 aromatic rings. The van der Waals surface area contributed by atoms with Crippen molar-refractivity contribution < 1.29 is 18.7 Å². The van der Waals surface area contributed by atoms with Gasteiger partial charge in [-0.3, -0.25) is 4.90 Å². The molecule has 1 aromatic carbocycles. The summed E-state index contributed by atoms with van der Waals surface area (Å²) in [5, 5.41) is 0. The molecule has 1 heterocycles. The van der Waals surface area contributed by atoms with Gasteiger partial charge in [-0.15, -0.1) is 0 Å². The number of nitrogens with zero attached hydrogens (tertiary/aromatic N) is 2. The number of hydrogen-bond acceptors (Lipinski definition) is 4. The predicted molar refractivity (Wildman–Crippen MR) is 117 cm³/mol. The Morgan fingerprint density at radius 3 is 2.59 bits per heavy atom. The van der Waals surface area contributed by atoms with Crippen molar-refractivity contribution >= 4 is 22.0 Å². The highest BCUT2D eigenvalue weighted by atomic mass is 79.9. The van der Waals surface area contributed by atoms with E-state index in [-0.39, 0.29) is 11.9 Å². The summed E-state index contributed by atoms with van der Waals surface area (Å²) in [6, 6.07) is 5.18. The van der Waals surface area contributed by atoms with Gasteiger partial charge < -0.3 is 14.4 Å².